The number of hydrogen-bond acceptors (Lipinski definition) is 0. The molecule has 1 fully saturated rings. The Hall–Kier alpha value is 0. The summed E-state index contributed by atoms with van der Waals surface area (Å²) in [6.45, 7) is 14.9. The molecule has 0 nitrogen and oxygen atoms in total. The van der Waals surface area contributed by atoms with Crippen molar-refractivity contribution in [3.05, 3.63) is 0 Å². The standard InChI is InChI=1S/C5H10.C5H12.C3H8.C2H6/c1-2-5-3-4-5;1-3-5-4-2;1-3-2;1-2/h5H,2-4H2,1H3;3-5H2,1-2H3;3H2,1-2H3;1-2H3. The Morgan fingerprint density at radius 3 is 1.13 bits per heavy atom. The molecular formula is C15H36. The van der Waals surface area contributed by atoms with E-state index in [1.807, 2.05) is 13.8 Å². The third kappa shape index (κ3) is 41.1. The first-order valence-electron chi connectivity index (χ1n) is 7.26. The van der Waals surface area contributed by atoms with Gasteiger partial charge < -0.3 is 0 Å². The maximum absolute atomic E-state index is 2.26. The topological polar surface area (TPSA) is 0 Å². The van der Waals surface area contributed by atoms with Crippen LogP contribution in [0.3, 0.4) is 0 Å². The van der Waals surface area contributed by atoms with Gasteiger partial charge in [0.05, 0.1) is 0 Å². The highest BCUT2D eigenvalue weighted by atomic mass is 14.2. The zero-order valence-electron chi connectivity index (χ0n) is 12.5. The Bertz CT molecular complexity index is 60.4. The summed E-state index contributed by atoms with van der Waals surface area (Å²) >= 11 is 0. The summed E-state index contributed by atoms with van der Waals surface area (Å²) in [4.78, 5) is 0. The second-order valence-electron chi connectivity index (χ2n) is 3.91. The Kier molecular flexibility index (Phi) is 32.2. The van der Waals surface area contributed by atoms with E-state index >= 15 is 0 Å². The van der Waals surface area contributed by atoms with Crippen LogP contribution in [0.4, 0.5) is 0 Å². The molecular weight excluding hydrogens is 180 g/mol. The molecule has 1 aliphatic rings. The van der Waals surface area contributed by atoms with Gasteiger partial charge in [-0.3, -0.25) is 0 Å². The summed E-state index contributed by atoms with van der Waals surface area (Å²) < 4.78 is 0. The van der Waals surface area contributed by atoms with Crippen molar-refractivity contribution in [1.82, 2.24) is 0 Å². The first kappa shape index (κ1) is 20.4. The molecule has 0 aromatic rings. The fourth-order valence-corrected chi connectivity index (χ4v) is 0.880. The van der Waals surface area contributed by atoms with Gasteiger partial charge in [0.1, 0.15) is 0 Å². The summed E-state index contributed by atoms with van der Waals surface area (Å²) in [5.74, 6) is 1.13. The molecule has 0 atom stereocenters. The molecule has 1 rings (SSSR count). The van der Waals surface area contributed by atoms with E-state index in [0.717, 1.165) is 5.92 Å². The van der Waals surface area contributed by atoms with Crippen molar-refractivity contribution in [1.29, 1.82) is 0 Å². The van der Waals surface area contributed by atoms with Gasteiger partial charge >= 0.3 is 0 Å². The predicted molar refractivity (Wildman–Crippen MR) is 75.5 cm³/mol. The molecule has 1 saturated carbocycles. The molecule has 0 N–H and O–H groups in total. The molecule has 0 bridgehead atoms. The molecule has 1 aliphatic carbocycles. The van der Waals surface area contributed by atoms with Crippen molar-refractivity contribution in [3.8, 4) is 0 Å². The van der Waals surface area contributed by atoms with Crippen molar-refractivity contribution in [2.24, 2.45) is 5.92 Å². The highest BCUT2D eigenvalue weighted by Gasteiger charge is 2.17. The van der Waals surface area contributed by atoms with Crippen LogP contribution in [0.2, 0.25) is 0 Å². The SMILES string of the molecule is CC.CCC.CCC1CC1.CCCCC. The van der Waals surface area contributed by atoms with Gasteiger partial charge in [0, 0.05) is 0 Å². The minimum absolute atomic E-state index is 1.13. The molecule has 0 aromatic heterocycles. The Morgan fingerprint density at radius 2 is 1.13 bits per heavy atom. The maximum atomic E-state index is 2.26. The third-order valence-corrected chi connectivity index (χ3v) is 1.98. The fourth-order valence-electron chi connectivity index (χ4n) is 0.880. The van der Waals surface area contributed by atoms with E-state index in [9.17, 15) is 0 Å². The lowest BCUT2D eigenvalue weighted by atomic mass is 10.3. The van der Waals surface area contributed by atoms with Crippen LogP contribution in [-0.4, -0.2) is 0 Å². The Labute approximate surface area is 99.9 Å². The third-order valence-electron chi connectivity index (χ3n) is 1.98. The normalized spacial score (nSPS) is 12.2. The van der Waals surface area contributed by atoms with Crippen LogP contribution in [0, 0.1) is 5.92 Å². The van der Waals surface area contributed by atoms with Crippen LogP contribution in [-0.2, 0) is 0 Å². The van der Waals surface area contributed by atoms with E-state index in [0.29, 0.717) is 0 Å². The van der Waals surface area contributed by atoms with Crippen LogP contribution < -0.4 is 0 Å². The molecule has 0 unspecified atom stereocenters. The number of unbranched alkanes of at least 4 members (excludes halogenated alkanes) is 2. The van der Waals surface area contributed by atoms with Crippen LogP contribution in [0.15, 0.2) is 0 Å². The second kappa shape index (κ2) is 23.7. The zero-order valence-corrected chi connectivity index (χ0v) is 12.5. The monoisotopic (exact) mass is 216 g/mol. The van der Waals surface area contributed by atoms with Gasteiger partial charge in [-0.15, -0.1) is 0 Å². The number of rotatable bonds is 3. The van der Waals surface area contributed by atoms with Crippen molar-refractivity contribution in [3.63, 3.8) is 0 Å². The van der Waals surface area contributed by atoms with Crippen molar-refractivity contribution < 1.29 is 0 Å². The molecule has 0 amide bonds. The lowest BCUT2D eigenvalue weighted by Crippen LogP contribution is -1.59. The van der Waals surface area contributed by atoms with Crippen molar-refractivity contribution >= 4 is 0 Å². The minimum atomic E-state index is 1.13. The van der Waals surface area contributed by atoms with Crippen molar-refractivity contribution in [2.75, 3.05) is 0 Å². The van der Waals surface area contributed by atoms with Gasteiger partial charge in [0.25, 0.3) is 0 Å². The average Bonchev–Trinajstić information content (AvgIpc) is 3.07. The minimum Gasteiger partial charge on any atom is -0.0683 e. The van der Waals surface area contributed by atoms with E-state index in [1.54, 1.807) is 0 Å². The molecule has 15 heavy (non-hydrogen) atoms. The van der Waals surface area contributed by atoms with E-state index in [-0.39, 0.29) is 0 Å². The summed E-state index contributed by atoms with van der Waals surface area (Å²) in [5.41, 5.74) is 0. The highest BCUT2D eigenvalue weighted by molar-refractivity contribution is 4.69. The molecule has 0 radical (unpaired) electrons. The quantitative estimate of drug-likeness (QED) is 0.509. The van der Waals surface area contributed by atoms with Crippen LogP contribution >= 0.6 is 0 Å². The van der Waals surface area contributed by atoms with Crippen LogP contribution in [0.1, 0.15) is 93.4 Å². The van der Waals surface area contributed by atoms with E-state index in [2.05, 4.69) is 34.6 Å². The van der Waals surface area contributed by atoms with Gasteiger partial charge in [-0.1, -0.05) is 93.4 Å². The smallest absolute Gasteiger partial charge is 0.0417 e. The van der Waals surface area contributed by atoms with Gasteiger partial charge in [0.15, 0.2) is 0 Å². The maximum Gasteiger partial charge on any atom is -0.0417 e. The molecule has 0 heterocycles. The predicted octanol–water partition coefficient (Wildman–Crippen LogP) is 6.45. The summed E-state index contributed by atoms with van der Waals surface area (Å²) in [5, 5.41) is 0. The molecule has 96 valence electrons. The van der Waals surface area contributed by atoms with Gasteiger partial charge in [0.2, 0.25) is 0 Å². The summed E-state index contributed by atoms with van der Waals surface area (Å²) in [6.07, 6.45) is 9.76. The van der Waals surface area contributed by atoms with E-state index in [4.69, 9.17) is 0 Å². The highest BCUT2D eigenvalue weighted by Crippen LogP contribution is 2.31. The van der Waals surface area contributed by atoms with Crippen molar-refractivity contribution in [2.45, 2.75) is 93.4 Å². The Morgan fingerprint density at radius 1 is 0.800 bits per heavy atom. The van der Waals surface area contributed by atoms with Crippen LogP contribution in [0.25, 0.3) is 0 Å². The lowest BCUT2D eigenvalue weighted by Gasteiger charge is -1.79. The second-order valence-corrected chi connectivity index (χ2v) is 3.91. The van der Waals surface area contributed by atoms with Gasteiger partial charge in [-0.25, -0.2) is 0 Å². The van der Waals surface area contributed by atoms with Gasteiger partial charge in [-0.05, 0) is 5.92 Å². The average molecular weight is 216 g/mol. The first-order chi connectivity index (χ1) is 7.26. The van der Waals surface area contributed by atoms with E-state index < -0.39 is 0 Å². The largest absolute Gasteiger partial charge is 0.0683 e. The Balaban J connectivity index is -0.000000137. The van der Waals surface area contributed by atoms with Gasteiger partial charge in [-0.2, -0.15) is 0 Å². The summed E-state index contributed by atoms with van der Waals surface area (Å²) in [7, 11) is 0. The molecule has 0 heteroatoms. The fraction of sp³-hybridized carbons (Fsp3) is 1.00. The van der Waals surface area contributed by atoms with Crippen LogP contribution in [0.5, 0.6) is 0 Å². The first-order valence-corrected chi connectivity index (χ1v) is 7.26. The molecule has 0 aliphatic heterocycles. The molecule has 0 spiro atoms. The zero-order chi connectivity index (χ0) is 12.5. The number of hydrogen-bond donors (Lipinski definition) is 0. The molecule has 0 aromatic carbocycles. The molecule has 0 saturated heterocycles. The lowest BCUT2D eigenvalue weighted by molar-refractivity contribution is 0.772. The summed E-state index contributed by atoms with van der Waals surface area (Å²) in [6, 6.07) is 0. The van der Waals surface area contributed by atoms with E-state index in [1.165, 1.54) is 44.9 Å².